The second-order valence-corrected chi connectivity index (χ2v) is 5.92. The minimum absolute atomic E-state index is 0.473. The topological polar surface area (TPSA) is 12.0 Å². The summed E-state index contributed by atoms with van der Waals surface area (Å²) in [6.45, 7) is 4.42. The average Bonchev–Trinajstić information content (AvgIpc) is 2.37. The smallest absolute Gasteiger partial charge is 0.0328 e. The molecule has 0 bridgehead atoms. The number of rotatable bonds is 8. The third-order valence-corrected chi connectivity index (χ3v) is 4.19. The molecule has 0 radical (unpaired) electrons. The molecule has 0 aliphatic carbocycles. The summed E-state index contributed by atoms with van der Waals surface area (Å²) in [6, 6.07) is 7.08. The Hall–Kier alpha value is -0.340. The van der Waals surface area contributed by atoms with Gasteiger partial charge in [0.15, 0.2) is 0 Å². The lowest BCUT2D eigenvalue weighted by molar-refractivity contribution is 0.499. The molecule has 0 saturated carbocycles. The van der Waals surface area contributed by atoms with E-state index in [2.05, 4.69) is 60.3 Å². The van der Waals surface area contributed by atoms with Crippen LogP contribution in [0.5, 0.6) is 0 Å². The zero-order valence-corrected chi connectivity index (χ0v) is 13.5. The van der Waals surface area contributed by atoms with E-state index in [9.17, 15) is 0 Å². The van der Waals surface area contributed by atoms with E-state index in [0.29, 0.717) is 6.04 Å². The number of halogens is 1. The van der Waals surface area contributed by atoms with Crippen molar-refractivity contribution in [3.8, 4) is 0 Å². The molecule has 1 rings (SSSR count). The SMILES string of the molecule is CCCCCCCC(NC)c1cc(C)ccc1Br. The molecule has 0 amide bonds. The first-order valence-electron chi connectivity index (χ1n) is 7.12. The fraction of sp³-hybridized carbons (Fsp3) is 0.625. The number of nitrogens with one attached hydrogen (secondary N) is 1. The van der Waals surface area contributed by atoms with Crippen LogP contribution in [0.3, 0.4) is 0 Å². The van der Waals surface area contributed by atoms with Gasteiger partial charge in [-0.25, -0.2) is 0 Å². The first-order chi connectivity index (χ1) is 8.69. The highest BCUT2D eigenvalue weighted by molar-refractivity contribution is 9.10. The normalized spacial score (nSPS) is 12.7. The van der Waals surface area contributed by atoms with Crippen molar-refractivity contribution in [3.05, 3.63) is 33.8 Å². The number of benzene rings is 1. The zero-order valence-electron chi connectivity index (χ0n) is 11.9. The standard InChI is InChI=1S/C16H26BrN/c1-4-5-6-7-8-9-16(18-3)14-12-13(2)10-11-15(14)17/h10-12,16,18H,4-9H2,1-3H3. The number of aryl methyl sites for hydroxylation is 1. The molecule has 0 aliphatic heterocycles. The van der Waals surface area contributed by atoms with Crippen molar-refractivity contribution >= 4 is 15.9 Å². The predicted octanol–water partition coefficient (Wildman–Crippen LogP) is 5.38. The molecule has 1 N–H and O–H groups in total. The van der Waals surface area contributed by atoms with Crippen LogP contribution in [0.2, 0.25) is 0 Å². The maximum absolute atomic E-state index is 3.67. The Morgan fingerprint density at radius 2 is 1.89 bits per heavy atom. The molecule has 1 aromatic rings. The molecular weight excluding hydrogens is 286 g/mol. The zero-order chi connectivity index (χ0) is 13.4. The van der Waals surface area contributed by atoms with Gasteiger partial charge in [-0.2, -0.15) is 0 Å². The second-order valence-electron chi connectivity index (χ2n) is 5.07. The Kier molecular flexibility index (Phi) is 7.60. The van der Waals surface area contributed by atoms with Crippen molar-refractivity contribution in [1.82, 2.24) is 5.32 Å². The van der Waals surface area contributed by atoms with Crippen LogP contribution in [0.15, 0.2) is 22.7 Å². The van der Waals surface area contributed by atoms with Gasteiger partial charge < -0.3 is 5.32 Å². The van der Waals surface area contributed by atoms with Gasteiger partial charge in [0.1, 0.15) is 0 Å². The van der Waals surface area contributed by atoms with Crippen molar-refractivity contribution in [2.24, 2.45) is 0 Å². The third kappa shape index (κ3) is 5.11. The number of hydrogen-bond donors (Lipinski definition) is 1. The molecule has 1 unspecified atom stereocenters. The van der Waals surface area contributed by atoms with Crippen LogP contribution in [0.1, 0.15) is 62.6 Å². The van der Waals surface area contributed by atoms with Crippen LogP contribution in [-0.4, -0.2) is 7.05 Å². The van der Waals surface area contributed by atoms with E-state index in [1.54, 1.807) is 0 Å². The van der Waals surface area contributed by atoms with E-state index in [1.807, 2.05) is 0 Å². The van der Waals surface area contributed by atoms with E-state index in [-0.39, 0.29) is 0 Å². The molecule has 0 fully saturated rings. The Bertz CT molecular complexity index is 349. The van der Waals surface area contributed by atoms with Crippen LogP contribution >= 0.6 is 15.9 Å². The molecule has 0 heterocycles. The van der Waals surface area contributed by atoms with E-state index >= 15 is 0 Å². The summed E-state index contributed by atoms with van der Waals surface area (Å²) < 4.78 is 1.22. The summed E-state index contributed by atoms with van der Waals surface area (Å²) in [6.07, 6.45) is 7.96. The highest BCUT2D eigenvalue weighted by Gasteiger charge is 2.12. The van der Waals surface area contributed by atoms with E-state index in [4.69, 9.17) is 0 Å². The summed E-state index contributed by atoms with van der Waals surface area (Å²) in [5.41, 5.74) is 2.73. The summed E-state index contributed by atoms with van der Waals surface area (Å²) in [7, 11) is 2.06. The highest BCUT2D eigenvalue weighted by Crippen LogP contribution is 2.28. The molecule has 1 nitrogen and oxygen atoms in total. The van der Waals surface area contributed by atoms with E-state index in [0.717, 1.165) is 0 Å². The van der Waals surface area contributed by atoms with Gasteiger partial charge in [0.25, 0.3) is 0 Å². The van der Waals surface area contributed by atoms with Gasteiger partial charge in [0.2, 0.25) is 0 Å². The molecule has 18 heavy (non-hydrogen) atoms. The predicted molar refractivity (Wildman–Crippen MR) is 84.1 cm³/mol. The lowest BCUT2D eigenvalue weighted by Gasteiger charge is -2.18. The first-order valence-corrected chi connectivity index (χ1v) is 7.91. The van der Waals surface area contributed by atoms with Crippen molar-refractivity contribution in [1.29, 1.82) is 0 Å². The first kappa shape index (κ1) is 15.7. The van der Waals surface area contributed by atoms with Gasteiger partial charge in [0.05, 0.1) is 0 Å². The van der Waals surface area contributed by atoms with Gasteiger partial charge in [-0.05, 0) is 32.0 Å². The van der Waals surface area contributed by atoms with Gasteiger partial charge in [-0.15, -0.1) is 0 Å². The van der Waals surface area contributed by atoms with Gasteiger partial charge >= 0.3 is 0 Å². The van der Waals surface area contributed by atoms with Gasteiger partial charge in [0, 0.05) is 10.5 Å². The van der Waals surface area contributed by atoms with Crippen LogP contribution in [0.4, 0.5) is 0 Å². The van der Waals surface area contributed by atoms with E-state index in [1.165, 1.54) is 54.1 Å². The van der Waals surface area contributed by atoms with Crippen LogP contribution in [-0.2, 0) is 0 Å². The quantitative estimate of drug-likeness (QED) is 0.636. The van der Waals surface area contributed by atoms with Crippen LogP contribution in [0, 0.1) is 6.92 Å². The molecule has 2 heteroatoms. The highest BCUT2D eigenvalue weighted by atomic mass is 79.9. The average molecular weight is 312 g/mol. The lowest BCUT2D eigenvalue weighted by Crippen LogP contribution is -2.17. The molecule has 1 aromatic carbocycles. The van der Waals surface area contributed by atoms with Crippen LogP contribution in [0.25, 0.3) is 0 Å². The van der Waals surface area contributed by atoms with Gasteiger partial charge in [-0.1, -0.05) is 72.7 Å². The molecule has 1 atom stereocenters. The number of hydrogen-bond acceptors (Lipinski definition) is 1. The molecule has 102 valence electrons. The second kappa shape index (κ2) is 8.71. The fourth-order valence-electron chi connectivity index (χ4n) is 2.34. The molecule has 0 aromatic heterocycles. The van der Waals surface area contributed by atoms with Crippen molar-refractivity contribution in [2.75, 3.05) is 7.05 Å². The fourth-order valence-corrected chi connectivity index (χ4v) is 2.86. The third-order valence-electron chi connectivity index (χ3n) is 3.47. The minimum atomic E-state index is 0.473. The lowest BCUT2D eigenvalue weighted by atomic mass is 9.98. The maximum atomic E-state index is 3.67. The maximum Gasteiger partial charge on any atom is 0.0328 e. The van der Waals surface area contributed by atoms with Crippen LogP contribution < -0.4 is 5.32 Å². The van der Waals surface area contributed by atoms with E-state index < -0.39 is 0 Å². The Morgan fingerprint density at radius 3 is 2.56 bits per heavy atom. The Morgan fingerprint density at radius 1 is 1.17 bits per heavy atom. The Labute approximate surface area is 120 Å². The Balaban J connectivity index is 2.52. The van der Waals surface area contributed by atoms with Crippen molar-refractivity contribution < 1.29 is 0 Å². The summed E-state index contributed by atoms with van der Waals surface area (Å²) in [5, 5.41) is 3.45. The van der Waals surface area contributed by atoms with Crippen molar-refractivity contribution in [3.63, 3.8) is 0 Å². The monoisotopic (exact) mass is 311 g/mol. The summed E-state index contributed by atoms with van der Waals surface area (Å²) in [4.78, 5) is 0. The molecular formula is C16H26BrN. The molecule has 0 saturated heterocycles. The van der Waals surface area contributed by atoms with Crippen molar-refractivity contribution in [2.45, 2.75) is 58.4 Å². The van der Waals surface area contributed by atoms with Gasteiger partial charge in [-0.3, -0.25) is 0 Å². The molecule has 0 aliphatic rings. The largest absolute Gasteiger partial charge is 0.313 e. The summed E-state index contributed by atoms with van der Waals surface area (Å²) in [5.74, 6) is 0. The summed E-state index contributed by atoms with van der Waals surface area (Å²) >= 11 is 3.67. The number of unbranched alkanes of at least 4 members (excludes halogenated alkanes) is 4. The molecule has 0 spiro atoms. The minimum Gasteiger partial charge on any atom is -0.313 e.